The summed E-state index contributed by atoms with van der Waals surface area (Å²) in [5.41, 5.74) is 1.27. The number of hydrogen-bond donors (Lipinski definition) is 2. The van der Waals surface area contributed by atoms with Crippen LogP contribution >= 0.6 is 0 Å². The molecule has 1 atom stereocenters. The van der Waals surface area contributed by atoms with E-state index < -0.39 is 0 Å². The standard InChI is InChI=1S/C8H11N3/c1-2-8-7(4-9-3-1)5-10-6-11-8/h1-4,7,10-11H,5-6H2. The number of nitrogens with one attached hydrogen (secondary N) is 2. The fourth-order valence-corrected chi connectivity index (χ4v) is 1.30. The van der Waals surface area contributed by atoms with Crippen molar-refractivity contribution in [2.45, 2.75) is 0 Å². The van der Waals surface area contributed by atoms with Gasteiger partial charge in [0.05, 0.1) is 6.67 Å². The van der Waals surface area contributed by atoms with Gasteiger partial charge in [-0.15, -0.1) is 0 Å². The average molecular weight is 149 g/mol. The van der Waals surface area contributed by atoms with Crippen LogP contribution in [0, 0.1) is 5.92 Å². The number of fused-ring (bicyclic) bond motifs is 1. The minimum atomic E-state index is 0.429. The molecule has 2 heterocycles. The number of hydrogen-bond acceptors (Lipinski definition) is 3. The first-order chi connectivity index (χ1) is 5.47. The van der Waals surface area contributed by atoms with Crippen molar-refractivity contribution in [1.82, 2.24) is 10.6 Å². The molecule has 0 bridgehead atoms. The maximum Gasteiger partial charge on any atom is 0.0650 e. The number of nitrogens with zero attached hydrogens (tertiary/aromatic N) is 1. The molecule has 2 rings (SSSR count). The highest BCUT2D eigenvalue weighted by Crippen LogP contribution is 2.10. The van der Waals surface area contributed by atoms with Crippen LogP contribution in [0.25, 0.3) is 0 Å². The minimum absolute atomic E-state index is 0.429. The molecule has 0 spiro atoms. The maximum atomic E-state index is 4.12. The topological polar surface area (TPSA) is 36.4 Å². The monoisotopic (exact) mass is 149 g/mol. The van der Waals surface area contributed by atoms with Gasteiger partial charge in [0.1, 0.15) is 0 Å². The fourth-order valence-electron chi connectivity index (χ4n) is 1.30. The van der Waals surface area contributed by atoms with Gasteiger partial charge in [-0.25, -0.2) is 0 Å². The van der Waals surface area contributed by atoms with Gasteiger partial charge < -0.3 is 5.32 Å². The van der Waals surface area contributed by atoms with E-state index >= 15 is 0 Å². The lowest BCUT2D eigenvalue weighted by atomic mass is 10.1. The van der Waals surface area contributed by atoms with Gasteiger partial charge in [-0.1, -0.05) is 0 Å². The third-order valence-electron chi connectivity index (χ3n) is 1.90. The Morgan fingerprint density at radius 2 is 2.55 bits per heavy atom. The molecule has 1 fully saturated rings. The van der Waals surface area contributed by atoms with Crippen molar-refractivity contribution in [2.75, 3.05) is 13.2 Å². The zero-order valence-corrected chi connectivity index (χ0v) is 6.25. The molecule has 2 N–H and O–H groups in total. The van der Waals surface area contributed by atoms with E-state index in [1.165, 1.54) is 5.70 Å². The van der Waals surface area contributed by atoms with Crippen molar-refractivity contribution in [3.05, 3.63) is 24.0 Å². The molecule has 3 nitrogen and oxygen atoms in total. The molecule has 2 aliphatic heterocycles. The van der Waals surface area contributed by atoms with Crippen LogP contribution in [0.5, 0.6) is 0 Å². The normalized spacial score (nSPS) is 28.4. The van der Waals surface area contributed by atoms with Crippen LogP contribution in [0.2, 0.25) is 0 Å². The highest BCUT2D eigenvalue weighted by atomic mass is 15.1. The van der Waals surface area contributed by atoms with Crippen LogP contribution in [-0.2, 0) is 0 Å². The Balaban J connectivity index is 2.21. The quantitative estimate of drug-likeness (QED) is 0.517. The van der Waals surface area contributed by atoms with Gasteiger partial charge in [-0.3, -0.25) is 10.3 Å². The molecule has 0 saturated carbocycles. The average Bonchev–Trinajstić information content (AvgIpc) is 2.28. The number of rotatable bonds is 0. The van der Waals surface area contributed by atoms with Crippen LogP contribution in [0.3, 0.4) is 0 Å². The predicted octanol–water partition coefficient (Wildman–Crippen LogP) is 0.235. The molecule has 0 aromatic heterocycles. The molecule has 0 radical (unpaired) electrons. The van der Waals surface area contributed by atoms with Crippen LogP contribution < -0.4 is 10.6 Å². The summed E-state index contributed by atoms with van der Waals surface area (Å²) in [5, 5.41) is 6.51. The maximum absolute atomic E-state index is 4.12. The van der Waals surface area contributed by atoms with E-state index in [1.54, 1.807) is 0 Å². The second-order valence-electron chi connectivity index (χ2n) is 2.68. The van der Waals surface area contributed by atoms with Crippen molar-refractivity contribution >= 4 is 6.21 Å². The summed E-state index contributed by atoms with van der Waals surface area (Å²) in [5.74, 6) is 0.429. The molecule has 1 unspecified atom stereocenters. The SMILES string of the molecule is C1=CN=CC2CNCNC2=C1. The molecule has 0 aromatic rings. The summed E-state index contributed by atoms with van der Waals surface area (Å²) in [4.78, 5) is 4.12. The Hall–Kier alpha value is -1.09. The van der Waals surface area contributed by atoms with E-state index in [0.29, 0.717) is 5.92 Å². The lowest BCUT2D eigenvalue weighted by Gasteiger charge is -2.24. The van der Waals surface area contributed by atoms with Crippen molar-refractivity contribution in [1.29, 1.82) is 0 Å². The third kappa shape index (κ3) is 1.33. The van der Waals surface area contributed by atoms with Crippen molar-refractivity contribution < 1.29 is 0 Å². The second kappa shape index (κ2) is 2.88. The third-order valence-corrected chi connectivity index (χ3v) is 1.90. The lowest BCUT2D eigenvalue weighted by Crippen LogP contribution is -2.42. The van der Waals surface area contributed by atoms with E-state index in [4.69, 9.17) is 0 Å². The minimum Gasteiger partial charge on any atom is -0.375 e. The van der Waals surface area contributed by atoms with Gasteiger partial charge in [0.2, 0.25) is 0 Å². The highest BCUT2D eigenvalue weighted by Gasteiger charge is 2.15. The zero-order valence-electron chi connectivity index (χ0n) is 6.25. The molecular formula is C8H11N3. The van der Waals surface area contributed by atoms with Crippen LogP contribution in [0.4, 0.5) is 0 Å². The van der Waals surface area contributed by atoms with Gasteiger partial charge in [-0.05, 0) is 12.2 Å². The molecule has 2 aliphatic rings. The molecule has 3 heteroatoms. The summed E-state index contributed by atoms with van der Waals surface area (Å²) >= 11 is 0. The first-order valence-corrected chi connectivity index (χ1v) is 3.81. The van der Waals surface area contributed by atoms with Gasteiger partial charge >= 0.3 is 0 Å². The van der Waals surface area contributed by atoms with Crippen LogP contribution in [0.15, 0.2) is 29.0 Å². The molecule has 0 aliphatic carbocycles. The Bertz CT molecular complexity index is 227. The summed E-state index contributed by atoms with van der Waals surface area (Å²) in [7, 11) is 0. The Morgan fingerprint density at radius 1 is 1.55 bits per heavy atom. The zero-order chi connectivity index (χ0) is 7.52. The van der Waals surface area contributed by atoms with Crippen molar-refractivity contribution in [3.8, 4) is 0 Å². The molecule has 58 valence electrons. The highest BCUT2D eigenvalue weighted by molar-refractivity contribution is 5.67. The van der Waals surface area contributed by atoms with E-state index in [9.17, 15) is 0 Å². The fraction of sp³-hybridized carbons (Fsp3) is 0.375. The van der Waals surface area contributed by atoms with E-state index in [1.807, 2.05) is 18.5 Å². The largest absolute Gasteiger partial charge is 0.375 e. The van der Waals surface area contributed by atoms with Gasteiger partial charge in [-0.2, -0.15) is 0 Å². The first-order valence-electron chi connectivity index (χ1n) is 3.81. The van der Waals surface area contributed by atoms with Gasteiger partial charge in [0.15, 0.2) is 0 Å². The van der Waals surface area contributed by atoms with E-state index in [2.05, 4.69) is 21.7 Å². The summed E-state index contributed by atoms with van der Waals surface area (Å²) in [6.45, 7) is 1.86. The second-order valence-corrected chi connectivity index (χ2v) is 2.68. The van der Waals surface area contributed by atoms with Crippen molar-refractivity contribution in [3.63, 3.8) is 0 Å². The van der Waals surface area contributed by atoms with Gasteiger partial charge in [0, 0.05) is 30.6 Å². The van der Waals surface area contributed by atoms with E-state index in [-0.39, 0.29) is 0 Å². The predicted molar refractivity (Wildman–Crippen MR) is 45.2 cm³/mol. The molecular weight excluding hydrogens is 138 g/mol. The number of allylic oxidation sites excluding steroid dienone is 2. The van der Waals surface area contributed by atoms with Crippen LogP contribution in [0.1, 0.15) is 0 Å². The first kappa shape index (κ1) is 6.61. The summed E-state index contributed by atoms with van der Waals surface area (Å²) in [6.07, 6.45) is 7.82. The molecule has 11 heavy (non-hydrogen) atoms. The van der Waals surface area contributed by atoms with E-state index in [0.717, 1.165) is 13.2 Å². The van der Waals surface area contributed by atoms with Crippen molar-refractivity contribution in [2.24, 2.45) is 10.9 Å². The molecule has 1 saturated heterocycles. The van der Waals surface area contributed by atoms with Crippen LogP contribution in [-0.4, -0.2) is 19.4 Å². The Kier molecular flexibility index (Phi) is 1.73. The molecule has 0 aromatic carbocycles. The Labute approximate surface area is 65.9 Å². The lowest BCUT2D eigenvalue weighted by molar-refractivity contribution is 0.512. The van der Waals surface area contributed by atoms with Gasteiger partial charge in [0.25, 0.3) is 0 Å². The summed E-state index contributed by atoms with van der Waals surface area (Å²) < 4.78 is 0. The summed E-state index contributed by atoms with van der Waals surface area (Å²) in [6, 6.07) is 0. The Morgan fingerprint density at radius 3 is 3.55 bits per heavy atom. The number of aliphatic imine (C=N–C) groups is 1. The smallest absolute Gasteiger partial charge is 0.0650 e. The molecule has 0 amide bonds.